The lowest BCUT2D eigenvalue weighted by Crippen LogP contribution is -2.15. The molecule has 0 amide bonds. The number of halogens is 2. The van der Waals surface area contributed by atoms with Crippen molar-refractivity contribution in [3.8, 4) is 0 Å². The third-order valence-corrected chi connectivity index (χ3v) is 3.84. The van der Waals surface area contributed by atoms with E-state index in [0.717, 1.165) is 11.1 Å². The van der Waals surface area contributed by atoms with Gasteiger partial charge in [-0.3, -0.25) is 0 Å². The fourth-order valence-electron chi connectivity index (χ4n) is 2.04. The summed E-state index contributed by atoms with van der Waals surface area (Å²) >= 11 is 12.0. The van der Waals surface area contributed by atoms with Gasteiger partial charge in [-0.05, 0) is 29.3 Å². The van der Waals surface area contributed by atoms with Crippen LogP contribution in [0.1, 0.15) is 17.0 Å². The molecule has 0 aliphatic heterocycles. The zero-order valence-electron chi connectivity index (χ0n) is 11.9. The topological polar surface area (TPSA) is 63.0 Å². The quantitative estimate of drug-likeness (QED) is 0.736. The third kappa shape index (κ3) is 3.70. The molecule has 1 aromatic heterocycles. The molecule has 5 nitrogen and oxygen atoms in total. The SMILES string of the molecule is O=c1[nH]nc(Cc2ccccc2Cl)n1N=Cc1ccc(Cl)cc1. The molecule has 1 heterocycles. The molecule has 0 aliphatic rings. The number of nitrogens with zero attached hydrogens (tertiary/aromatic N) is 3. The zero-order valence-corrected chi connectivity index (χ0v) is 13.4. The van der Waals surface area contributed by atoms with Gasteiger partial charge in [0.1, 0.15) is 0 Å². The van der Waals surface area contributed by atoms with Crippen LogP contribution < -0.4 is 5.69 Å². The highest BCUT2D eigenvalue weighted by Crippen LogP contribution is 2.17. The number of benzene rings is 2. The Bertz CT molecular complexity index is 897. The van der Waals surface area contributed by atoms with E-state index in [-0.39, 0.29) is 0 Å². The second kappa shape index (κ2) is 6.81. The maximum absolute atomic E-state index is 11.9. The predicted molar refractivity (Wildman–Crippen MR) is 91.5 cm³/mol. The fraction of sp³-hybridized carbons (Fsp3) is 0.0625. The van der Waals surface area contributed by atoms with Gasteiger partial charge in [0.05, 0.1) is 6.21 Å². The van der Waals surface area contributed by atoms with Crippen molar-refractivity contribution in [2.75, 3.05) is 0 Å². The predicted octanol–water partition coefficient (Wildman–Crippen LogP) is 3.35. The number of hydrogen-bond acceptors (Lipinski definition) is 3. The summed E-state index contributed by atoms with van der Waals surface area (Å²) in [6, 6.07) is 14.5. The van der Waals surface area contributed by atoms with Crippen LogP contribution in [0.4, 0.5) is 0 Å². The molecular formula is C16H12Cl2N4O. The summed E-state index contributed by atoms with van der Waals surface area (Å²) in [4.78, 5) is 11.9. The molecule has 0 saturated carbocycles. The second-order valence-corrected chi connectivity index (χ2v) is 5.66. The minimum Gasteiger partial charge on any atom is -0.244 e. The molecule has 0 spiro atoms. The Morgan fingerprint density at radius 2 is 1.87 bits per heavy atom. The Labute approximate surface area is 142 Å². The first-order chi connectivity index (χ1) is 11.1. The summed E-state index contributed by atoms with van der Waals surface area (Å²) in [5.74, 6) is 0.480. The Balaban J connectivity index is 1.88. The molecule has 0 bridgehead atoms. The summed E-state index contributed by atoms with van der Waals surface area (Å²) in [5, 5.41) is 11.9. The maximum Gasteiger partial charge on any atom is 0.364 e. The molecule has 116 valence electrons. The van der Waals surface area contributed by atoms with E-state index in [1.807, 2.05) is 30.3 Å². The van der Waals surface area contributed by atoms with E-state index in [9.17, 15) is 4.79 Å². The maximum atomic E-state index is 11.9. The lowest BCUT2D eigenvalue weighted by molar-refractivity contribution is 0.775. The van der Waals surface area contributed by atoms with Gasteiger partial charge in [-0.15, -0.1) is 0 Å². The summed E-state index contributed by atoms with van der Waals surface area (Å²) in [5.41, 5.74) is 1.29. The molecule has 3 rings (SSSR count). The largest absolute Gasteiger partial charge is 0.364 e. The minimum absolute atomic E-state index is 0.399. The molecule has 0 radical (unpaired) electrons. The first kappa shape index (κ1) is 15.5. The lowest BCUT2D eigenvalue weighted by Gasteiger charge is -2.03. The van der Waals surface area contributed by atoms with E-state index in [1.165, 1.54) is 4.68 Å². The molecular weight excluding hydrogens is 335 g/mol. The number of nitrogens with one attached hydrogen (secondary N) is 1. The van der Waals surface area contributed by atoms with Gasteiger partial charge in [-0.2, -0.15) is 14.9 Å². The molecule has 0 unspecified atom stereocenters. The number of aromatic amines is 1. The van der Waals surface area contributed by atoms with E-state index >= 15 is 0 Å². The van der Waals surface area contributed by atoms with Crippen LogP contribution in [-0.2, 0) is 6.42 Å². The number of aromatic nitrogens is 3. The molecule has 0 fully saturated rings. The standard InChI is InChI=1S/C16H12Cl2N4O/c17-13-7-5-11(6-8-13)10-19-22-15(20-21-16(22)23)9-12-3-1-2-4-14(12)18/h1-8,10H,9H2,(H,21,23). The molecule has 7 heteroatoms. The summed E-state index contributed by atoms with van der Waals surface area (Å²) in [7, 11) is 0. The zero-order chi connectivity index (χ0) is 16.2. The average molecular weight is 347 g/mol. The Hall–Kier alpha value is -2.37. The lowest BCUT2D eigenvalue weighted by atomic mass is 10.1. The van der Waals surface area contributed by atoms with E-state index in [1.54, 1.807) is 24.4 Å². The highest BCUT2D eigenvalue weighted by molar-refractivity contribution is 6.31. The van der Waals surface area contributed by atoms with Crippen molar-refractivity contribution in [1.29, 1.82) is 0 Å². The van der Waals surface area contributed by atoms with Crippen LogP contribution in [0.15, 0.2) is 58.4 Å². The van der Waals surface area contributed by atoms with E-state index < -0.39 is 5.69 Å². The Morgan fingerprint density at radius 1 is 1.13 bits per heavy atom. The second-order valence-electron chi connectivity index (χ2n) is 4.82. The highest BCUT2D eigenvalue weighted by Gasteiger charge is 2.10. The van der Waals surface area contributed by atoms with Gasteiger partial charge < -0.3 is 0 Å². The smallest absolute Gasteiger partial charge is 0.244 e. The van der Waals surface area contributed by atoms with Crippen LogP contribution >= 0.6 is 23.2 Å². The summed E-state index contributed by atoms with van der Waals surface area (Å²) in [6.07, 6.45) is 1.97. The number of H-pyrrole nitrogens is 1. The first-order valence-electron chi connectivity index (χ1n) is 6.83. The molecule has 0 aliphatic carbocycles. The van der Waals surface area contributed by atoms with E-state index in [2.05, 4.69) is 15.3 Å². The molecule has 1 N–H and O–H groups in total. The van der Waals surface area contributed by atoms with Crippen molar-refractivity contribution >= 4 is 29.4 Å². The summed E-state index contributed by atoms with van der Waals surface area (Å²) in [6.45, 7) is 0. The van der Waals surface area contributed by atoms with E-state index in [0.29, 0.717) is 22.3 Å². The Morgan fingerprint density at radius 3 is 2.61 bits per heavy atom. The van der Waals surface area contributed by atoms with Crippen LogP contribution in [0.5, 0.6) is 0 Å². The third-order valence-electron chi connectivity index (χ3n) is 3.22. The van der Waals surface area contributed by atoms with E-state index in [4.69, 9.17) is 23.2 Å². The van der Waals surface area contributed by atoms with Crippen LogP contribution in [0, 0.1) is 0 Å². The van der Waals surface area contributed by atoms with Gasteiger partial charge >= 0.3 is 5.69 Å². The van der Waals surface area contributed by atoms with Gasteiger partial charge in [0, 0.05) is 16.5 Å². The van der Waals surface area contributed by atoms with Crippen molar-refractivity contribution < 1.29 is 0 Å². The van der Waals surface area contributed by atoms with Gasteiger partial charge in [0.25, 0.3) is 0 Å². The number of hydrogen-bond donors (Lipinski definition) is 1. The van der Waals surface area contributed by atoms with Crippen molar-refractivity contribution in [2.24, 2.45) is 5.10 Å². The Kier molecular flexibility index (Phi) is 4.60. The average Bonchev–Trinajstić information content (AvgIpc) is 2.89. The molecule has 0 saturated heterocycles. The van der Waals surface area contributed by atoms with Crippen LogP contribution in [0.25, 0.3) is 0 Å². The minimum atomic E-state index is -0.405. The monoisotopic (exact) mass is 346 g/mol. The van der Waals surface area contributed by atoms with Crippen LogP contribution in [-0.4, -0.2) is 21.1 Å². The molecule has 23 heavy (non-hydrogen) atoms. The van der Waals surface area contributed by atoms with Crippen molar-refractivity contribution in [3.05, 3.63) is 86.0 Å². The van der Waals surface area contributed by atoms with Crippen molar-refractivity contribution in [2.45, 2.75) is 6.42 Å². The first-order valence-corrected chi connectivity index (χ1v) is 7.59. The van der Waals surface area contributed by atoms with Crippen LogP contribution in [0.3, 0.4) is 0 Å². The molecule has 2 aromatic carbocycles. The molecule has 3 aromatic rings. The number of rotatable bonds is 4. The van der Waals surface area contributed by atoms with Gasteiger partial charge in [0.2, 0.25) is 0 Å². The molecule has 0 atom stereocenters. The fourth-order valence-corrected chi connectivity index (χ4v) is 2.37. The highest BCUT2D eigenvalue weighted by atomic mass is 35.5. The summed E-state index contributed by atoms with van der Waals surface area (Å²) < 4.78 is 1.22. The van der Waals surface area contributed by atoms with Gasteiger partial charge in [0.15, 0.2) is 5.82 Å². The normalized spacial score (nSPS) is 11.2. The van der Waals surface area contributed by atoms with Crippen molar-refractivity contribution in [3.63, 3.8) is 0 Å². The van der Waals surface area contributed by atoms with Gasteiger partial charge in [-0.25, -0.2) is 9.89 Å². The van der Waals surface area contributed by atoms with Crippen LogP contribution in [0.2, 0.25) is 10.0 Å². The van der Waals surface area contributed by atoms with Crippen molar-refractivity contribution in [1.82, 2.24) is 14.9 Å². The van der Waals surface area contributed by atoms with Gasteiger partial charge in [-0.1, -0.05) is 53.5 Å².